The van der Waals surface area contributed by atoms with Gasteiger partial charge in [-0.05, 0) is 25.1 Å². The highest BCUT2D eigenvalue weighted by Crippen LogP contribution is 2.51. The molecule has 2 aliphatic rings. The molecule has 0 aliphatic carbocycles. The predicted octanol–water partition coefficient (Wildman–Crippen LogP) is 2.53. The second-order valence-electron chi connectivity index (χ2n) is 4.17. The summed E-state index contributed by atoms with van der Waals surface area (Å²) in [5.74, 6) is 0.865. The molecule has 1 aromatic carbocycles. The average Bonchev–Trinajstić information content (AvgIpc) is 2.66. The van der Waals surface area contributed by atoms with Crippen molar-refractivity contribution in [2.24, 2.45) is 5.73 Å². The number of benzene rings is 1. The molecule has 0 bridgehead atoms. The first-order valence-electron chi connectivity index (χ1n) is 5.48. The van der Waals surface area contributed by atoms with Crippen molar-refractivity contribution in [3.8, 4) is 6.07 Å². The van der Waals surface area contributed by atoms with Crippen LogP contribution in [0.15, 0.2) is 52.5 Å². The maximum Gasteiger partial charge on any atom is 0.207 e. The van der Waals surface area contributed by atoms with Crippen LogP contribution in [0.5, 0.6) is 0 Å². The highest BCUT2D eigenvalue weighted by Gasteiger charge is 2.44. The molecule has 0 amide bonds. The van der Waals surface area contributed by atoms with Crippen LogP contribution in [0, 0.1) is 11.3 Å². The maximum atomic E-state index is 9.30. The van der Waals surface area contributed by atoms with E-state index < -0.39 is 4.87 Å². The van der Waals surface area contributed by atoms with Crippen molar-refractivity contribution in [1.29, 1.82) is 5.26 Å². The zero-order chi connectivity index (χ0) is 12.8. The fourth-order valence-electron chi connectivity index (χ4n) is 2.17. The van der Waals surface area contributed by atoms with Crippen LogP contribution in [-0.4, -0.2) is 4.87 Å². The van der Waals surface area contributed by atoms with Crippen molar-refractivity contribution in [2.45, 2.75) is 16.7 Å². The van der Waals surface area contributed by atoms with Gasteiger partial charge >= 0.3 is 0 Å². The molecule has 0 saturated carbocycles. The number of nitrogens with two attached hydrogens (primary N) is 1. The number of nitrogens with zero attached hydrogens (tertiary/aromatic N) is 1. The number of anilines is 1. The van der Waals surface area contributed by atoms with Gasteiger partial charge in [0.15, 0.2) is 4.87 Å². The number of thioether (sulfide) groups is 1. The molecule has 1 unspecified atom stereocenters. The average molecular weight is 257 g/mol. The molecular weight excluding hydrogens is 246 g/mol. The SMILES string of the molecule is CC1=CC2(Nc3ccccc3S2)C(C#N)=C(N)O1. The van der Waals surface area contributed by atoms with Crippen LogP contribution < -0.4 is 11.1 Å². The van der Waals surface area contributed by atoms with Crippen molar-refractivity contribution in [1.82, 2.24) is 0 Å². The number of hydrogen-bond donors (Lipinski definition) is 2. The lowest BCUT2D eigenvalue weighted by molar-refractivity contribution is 0.286. The van der Waals surface area contributed by atoms with Crippen LogP contribution in [0.2, 0.25) is 0 Å². The Morgan fingerprint density at radius 2 is 2.22 bits per heavy atom. The number of para-hydroxylation sites is 1. The van der Waals surface area contributed by atoms with Crippen molar-refractivity contribution in [3.63, 3.8) is 0 Å². The first kappa shape index (κ1) is 11.1. The fraction of sp³-hybridized carbons (Fsp3) is 0.154. The molecule has 5 heteroatoms. The van der Waals surface area contributed by atoms with Crippen molar-refractivity contribution < 1.29 is 4.74 Å². The molecule has 2 aliphatic heterocycles. The molecule has 1 atom stereocenters. The van der Waals surface area contributed by atoms with Crippen LogP contribution >= 0.6 is 11.8 Å². The van der Waals surface area contributed by atoms with E-state index in [0.717, 1.165) is 10.6 Å². The Morgan fingerprint density at radius 3 is 2.94 bits per heavy atom. The van der Waals surface area contributed by atoms with E-state index in [1.54, 1.807) is 11.8 Å². The van der Waals surface area contributed by atoms with Gasteiger partial charge in [0.05, 0.1) is 0 Å². The van der Waals surface area contributed by atoms with Crippen molar-refractivity contribution in [2.75, 3.05) is 5.32 Å². The van der Waals surface area contributed by atoms with Gasteiger partial charge in [-0.1, -0.05) is 23.9 Å². The molecule has 1 aromatic rings. The normalized spacial score (nSPS) is 25.0. The van der Waals surface area contributed by atoms with Gasteiger partial charge in [0.1, 0.15) is 17.4 Å². The third-order valence-electron chi connectivity index (χ3n) is 2.89. The quantitative estimate of drug-likeness (QED) is 0.747. The van der Waals surface area contributed by atoms with Crippen LogP contribution in [-0.2, 0) is 4.74 Å². The number of fused-ring (bicyclic) bond motifs is 1. The maximum absolute atomic E-state index is 9.30. The third kappa shape index (κ3) is 1.46. The highest BCUT2D eigenvalue weighted by molar-refractivity contribution is 8.01. The molecule has 3 N–H and O–H groups in total. The smallest absolute Gasteiger partial charge is 0.207 e. The molecule has 2 heterocycles. The lowest BCUT2D eigenvalue weighted by Crippen LogP contribution is -2.36. The molecule has 3 rings (SSSR count). The van der Waals surface area contributed by atoms with Crippen molar-refractivity contribution >= 4 is 17.4 Å². The summed E-state index contributed by atoms with van der Waals surface area (Å²) in [6, 6.07) is 10.1. The number of ether oxygens (including phenoxy) is 1. The summed E-state index contributed by atoms with van der Waals surface area (Å²) in [6.07, 6.45) is 1.90. The monoisotopic (exact) mass is 257 g/mol. The van der Waals surface area contributed by atoms with Crippen molar-refractivity contribution in [3.05, 3.63) is 47.6 Å². The highest BCUT2D eigenvalue weighted by atomic mass is 32.2. The van der Waals surface area contributed by atoms with Crippen LogP contribution in [0.1, 0.15) is 6.92 Å². The van der Waals surface area contributed by atoms with E-state index in [0.29, 0.717) is 11.3 Å². The Hall–Kier alpha value is -2.06. The molecule has 18 heavy (non-hydrogen) atoms. The molecule has 4 nitrogen and oxygen atoms in total. The molecule has 0 aromatic heterocycles. The van der Waals surface area contributed by atoms with Gasteiger partial charge in [-0.3, -0.25) is 0 Å². The van der Waals surface area contributed by atoms with E-state index in [4.69, 9.17) is 10.5 Å². The Morgan fingerprint density at radius 1 is 1.44 bits per heavy atom. The van der Waals surface area contributed by atoms with Crippen LogP contribution in [0.3, 0.4) is 0 Å². The topological polar surface area (TPSA) is 71.1 Å². The zero-order valence-electron chi connectivity index (χ0n) is 9.73. The minimum atomic E-state index is -0.634. The van der Waals surface area contributed by atoms with E-state index in [-0.39, 0.29) is 5.88 Å². The summed E-state index contributed by atoms with van der Waals surface area (Å²) < 4.78 is 5.32. The van der Waals surface area contributed by atoms with E-state index in [2.05, 4.69) is 11.4 Å². The van der Waals surface area contributed by atoms with Gasteiger partial charge in [-0.2, -0.15) is 5.26 Å². The Kier molecular flexibility index (Phi) is 2.28. The summed E-state index contributed by atoms with van der Waals surface area (Å²) in [5, 5.41) is 12.7. The van der Waals surface area contributed by atoms with E-state index in [1.807, 2.05) is 37.3 Å². The first-order valence-corrected chi connectivity index (χ1v) is 6.30. The number of allylic oxidation sites excluding steroid dienone is 1. The third-order valence-corrected chi connectivity index (χ3v) is 4.21. The van der Waals surface area contributed by atoms with Gasteiger partial charge < -0.3 is 15.8 Å². The van der Waals surface area contributed by atoms with Gasteiger partial charge in [-0.15, -0.1) is 0 Å². The number of hydrogen-bond acceptors (Lipinski definition) is 5. The predicted molar refractivity (Wildman–Crippen MR) is 70.3 cm³/mol. The van der Waals surface area contributed by atoms with Gasteiger partial charge in [0.25, 0.3) is 0 Å². The molecule has 0 fully saturated rings. The minimum absolute atomic E-state index is 0.172. The summed E-state index contributed by atoms with van der Waals surface area (Å²) in [5.41, 5.74) is 7.23. The zero-order valence-corrected chi connectivity index (χ0v) is 10.5. The molecule has 90 valence electrons. The first-order chi connectivity index (χ1) is 8.64. The Bertz CT molecular complexity index is 602. The number of nitriles is 1. The standard InChI is InChI=1S/C13H11N3OS/c1-8-6-13(9(7-14)12(15)17-8)16-10-4-2-3-5-11(10)18-13/h2-6,16H,15H2,1H3. The Labute approximate surface area is 109 Å². The second kappa shape index (κ2) is 3.72. The van der Waals surface area contributed by atoms with Gasteiger partial charge in [0.2, 0.25) is 5.88 Å². The molecular formula is C13H11N3OS. The minimum Gasteiger partial charge on any atom is -0.445 e. The van der Waals surface area contributed by atoms with Gasteiger partial charge in [-0.25, -0.2) is 0 Å². The fourth-order valence-corrected chi connectivity index (χ4v) is 3.53. The van der Waals surface area contributed by atoms with Crippen LogP contribution in [0.4, 0.5) is 5.69 Å². The largest absolute Gasteiger partial charge is 0.445 e. The summed E-state index contributed by atoms with van der Waals surface area (Å²) in [6.45, 7) is 1.83. The van der Waals surface area contributed by atoms with E-state index in [1.165, 1.54) is 0 Å². The Balaban J connectivity index is 2.12. The molecule has 0 radical (unpaired) electrons. The number of nitrogens with one attached hydrogen (secondary N) is 1. The lowest BCUT2D eigenvalue weighted by Gasteiger charge is -2.30. The summed E-state index contributed by atoms with van der Waals surface area (Å²) in [7, 11) is 0. The summed E-state index contributed by atoms with van der Waals surface area (Å²) in [4.78, 5) is 0.467. The molecule has 0 saturated heterocycles. The number of rotatable bonds is 0. The van der Waals surface area contributed by atoms with Gasteiger partial charge in [0, 0.05) is 10.6 Å². The summed E-state index contributed by atoms with van der Waals surface area (Å²) >= 11 is 1.57. The van der Waals surface area contributed by atoms with E-state index in [9.17, 15) is 5.26 Å². The second-order valence-corrected chi connectivity index (χ2v) is 5.45. The molecule has 1 spiro atoms. The lowest BCUT2D eigenvalue weighted by atomic mass is 10.0. The van der Waals surface area contributed by atoms with Crippen LogP contribution in [0.25, 0.3) is 0 Å². The van der Waals surface area contributed by atoms with E-state index >= 15 is 0 Å².